The fourth-order valence-corrected chi connectivity index (χ4v) is 6.15. The zero-order chi connectivity index (χ0) is 23.2. The third-order valence-corrected chi connectivity index (χ3v) is 7.89. The lowest BCUT2D eigenvalue weighted by atomic mass is 10.1. The van der Waals surface area contributed by atoms with Gasteiger partial charge in [0, 0.05) is 43.5 Å². The Labute approximate surface area is 205 Å². The molecule has 0 spiro atoms. The number of rotatable bonds is 4. The van der Waals surface area contributed by atoms with Gasteiger partial charge in [-0.1, -0.05) is 0 Å². The standard InChI is InChI=1S/C26H32N6O3/c1-2-12-35-24(3-1)32-21(7-9-28-32)26-25-20(6-8-27-26)22(31-18-4-5-19(31)17-34-16-18)15-23(29-25)30-10-13-33-14-11-30/h6-9,15,18-19,24H,1-5,10-14,16-17H2. The molecule has 7 rings (SSSR count). The molecule has 0 aliphatic carbocycles. The second-order valence-corrected chi connectivity index (χ2v) is 9.97. The normalized spacial score (nSPS) is 27.0. The Bertz CT molecular complexity index is 1190. The summed E-state index contributed by atoms with van der Waals surface area (Å²) in [5.74, 6) is 0.996. The number of nitrogens with zero attached hydrogens (tertiary/aromatic N) is 6. The van der Waals surface area contributed by atoms with Crippen LogP contribution in [0.2, 0.25) is 0 Å². The molecule has 2 bridgehead atoms. The van der Waals surface area contributed by atoms with Crippen molar-refractivity contribution < 1.29 is 14.2 Å². The van der Waals surface area contributed by atoms with E-state index in [0.29, 0.717) is 12.1 Å². The summed E-state index contributed by atoms with van der Waals surface area (Å²) in [6.45, 7) is 5.49. The SMILES string of the molecule is c1cc2c(N3C4CCC3COC4)cc(N3CCOCC3)nc2c(-c2ccnn2C2CCCCO2)n1. The van der Waals surface area contributed by atoms with Gasteiger partial charge in [-0.3, -0.25) is 4.98 Å². The van der Waals surface area contributed by atoms with Gasteiger partial charge in [-0.15, -0.1) is 0 Å². The Morgan fingerprint density at radius 3 is 2.54 bits per heavy atom. The number of morpholine rings is 2. The molecule has 9 nitrogen and oxygen atoms in total. The van der Waals surface area contributed by atoms with Gasteiger partial charge in [0.1, 0.15) is 17.0 Å². The van der Waals surface area contributed by atoms with Gasteiger partial charge in [0.2, 0.25) is 0 Å². The summed E-state index contributed by atoms with van der Waals surface area (Å²) < 4.78 is 19.6. The van der Waals surface area contributed by atoms with Crippen LogP contribution in [0, 0.1) is 0 Å². The Kier molecular flexibility index (Phi) is 5.56. The lowest BCUT2D eigenvalue weighted by Gasteiger charge is -2.38. The predicted octanol–water partition coefficient (Wildman–Crippen LogP) is 3.40. The van der Waals surface area contributed by atoms with E-state index in [-0.39, 0.29) is 6.23 Å². The summed E-state index contributed by atoms with van der Waals surface area (Å²) in [5.41, 5.74) is 4.00. The number of fused-ring (bicyclic) bond motifs is 3. The molecular formula is C26H32N6O3. The third-order valence-electron chi connectivity index (χ3n) is 7.89. The molecule has 0 saturated carbocycles. The summed E-state index contributed by atoms with van der Waals surface area (Å²) in [6.07, 6.45) is 9.28. The van der Waals surface area contributed by atoms with E-state index < -0.39 is 0 Å². The van der Waals surface area contributed by atoms with Gasteiger partial charge >= 0.3 is 0 Å². The van der Waals surface area contributed by atoms with E-state index in [4.69, 9.17) is 24.2 Å². The largest absolute Gasteiger partial charge is 0.378 e. The molecule has 7 heterocycles. The van der Waals surface area contributed by atoms with Crippen LogP contribution in [0.25, 0.3) is 22.3 Å². The number of anilines is 2. The Hall–Kier alpha value is -2.75. The lowest BCUT2D eigenvalue weighted by molar-refractivity contribution is -0.0383. The van der Waals surface area contributed by atoms with Crippen molar-refractivity contribution in [3.05, 3.63) is 30.6 Å². The average molecular weight is 477 g/mol. The highest BCUT2D eigenvalue weighted by atomic mass is 16.5. The van der Waals surface area contributed by atoms with Crippen molar-refractivity contribution in [2.24, 2.45) is 0 Å². The van der Waals surface area contributed by atoms with Gasteiger partial charge < -0.3 is 24.0 Å². The minimum Gasteiger partial charge on any atom is -0.378 e. The molecule has 4 fully saturated rings. The molecule has 3 unspecified atom stereocenters. The maximum Gasteiger partial charge on any atom is 0.150 e. The third kappa shape index (κ3) is 3.77. The van der Waals surface area contributed by atoms with Gasteiger partial charge in [0.15, 0.2) is 6.23 Å². The molecule has 9 heteroatoms. The number of hydrogen-bond donors (Lipinski definition) is 0. The first-order valence-electron chi connectivity index (χ1n) is 13.0. The summed E-state index contributed by atoms with van der Waals surface area (Å²) in [4.78, 5) is 15.0. The number of hydrogen-bond acceptors (Lipinski definition) is 8. The van der Waals surface area contributed by atoms with Gasteiger partial charge in [0.25, 0.3) is 0 Å². The molecular weight excluding hydrogens is 444 g/mol. The first-order chi connectivity index (χ1) is 17.4. The molecule has 0 amide bonds. The van der Waals surface area contributed by atoms with Crippen molar-refractivity contribution in [3.8, 4) is 11.4 Å². The number of ether oxygens (including phenoxy) is 3. The molecule has 35 heavy (non-hydrogen) atoms. The number of pyridine rings is 2. The zero-order valence-electron chi connectivity index (χ0n) is 20.0. The van der Waals surface area contributed by atoms with Crippen molar-refractivity contribution in [1.82, 2.24) is 19.7 Å². The van der Waals surface area contributed by atoms with Crippen LogP contribution in [0.1, 0.15) is 38.3 Å². The summed E-state index contributed by atoms with van der Waals surface area (Å²) in [7, 11) is 0. The van der Waals surface area contributed by atoms with E-state index in [1.807, 2.05) is 23.1 Å². The molecule has 3 aromatic heterocycles. The molecule has 184 valence electrons. The number of aromatic nitrogens is 4. The maximum atomic E-state index is 6.08. The van der Waals surface area contributed by atoms with Crippen molar-refractivity contribution in [2.45, 2.75) is 50.4 Å². The molecule has 0 N–H and O–H groups in total. The quantitative estimate of drug-likeness (QED) is 0.567. The highest BCUT2D eigenvalue weighted by Gasteiger charge is 2.39. The van der Waals surface area contributed by atoms with Crippen LogP contribution in [-0.2, 0) is 14.2 Å². The molecule has 0 aromatic carbocycles. The van der Waals surface area contributed by atoms with E-state index >= 15 is 0 Å². The summed E-state index contributed by atoms with van der Waals surface area (Å²) in [6, 6.07) is 7.28. The highest BCUT2D eigenvalue weighted by Crippen LogP contribution is 2.41. The van der Waals surface area contributed by atoms with Gasteiger partial charge in [-0.25, -0.2) is 9.67 Å². The predicted molar refractivity (Wildman–Crippen MR) is 133 cm³/mol. The van der Waals surface area contributed by atoms with E-state index in [2.05, 4.69) is 27.0 Å². The van der Waals surface area contributed by atoms with Crippen molar-refractivity contribution in [1.29, 1.82) is 0 Å². The lowest BCUT2D eigenvalue weighted by Crippen LogP contribution is -2.46. The molecule has 4 aliphatic heterocycles. The van der Waals surface area contributed by atoms with Crippen LogP contribution in [0.3, 0.4) is 0 Å². The first kappa shape index (κ1) is 21.5. The van der Waals surface area contributed by atoms with Crippen molar-refractivity contribution in [2.75, 3.05) is 55.9 Å². The van der Waals surface area contributed by atoms with Gasteiger partial charge in [0.05, 0.1) is 49.9 Å². The van der Waals surface area contributed by atoms with E-state index in [1.54, 1.807) is 0 Å². The van der Waals surface area contributed by atoms with Gasteiger partial charge in [-0.2, -0.15) is 5.10 Å². The summed E-state index contributed by atoms with van der Waals surface area (Å²) >= 11 is 0. The van der Waals surface area contributed by atoms with E-state index in [1.165, 1.54) is 18.5 Å². The van der Waals surface area contributed by atoms with Crippen LogP contribution < -0.4 is 9.80 Å². The van der Waals surface area contributed by atoms with Crippen LogP contribution in [-0.4, -0.2) is 78.0 Å². The maximum absolute atomic E-state index is 6.08. The molecule has 4 saturated heterocycles. The van der Waals surface area contributed by atoms with Crippen molar-refractivity contribution >= 4 is 22.4 Å². The molecule has 3 aromatic rings. The van der Waals surface area contributed by atoms with Crippen LogP contribution in [0.5, 0.6) is 0 Å². The Balaban J connectivity index is 1.40. The first-order valence-corrected chi connectivity index (χ1v) is 13.0. The summed E-state index contributed by atoms with van der Waals surface area (Å²) in [5, 5.41) is 5.79. The van der Waals surface area contributed by atoms with E-state index in [0.717, 1.165) is 93.5 Å². The van der Waals surface area contributed by atoms with Crippen molar-refractivity contribution in [3.63, 3.8) is 0 Å². The second-order valence-electron chi connectivity index (χ2n) is 9.97. The topological polar surface area (TPSA) is 77.8 Å². The highest BCUT2D eigenvalue weighted by molar-refractivity contribution is 6.00. The average Bonchev–Trinajstić information content (AvgIpc) is 3.50. The van der Waals surface area contributed by atoms with Crippen LogP contribution in [0.15, 0.2) is 30.6 Å². The zero-order valence-corrected chi connectivity index (χ0v) is 20.0. The van der Waals surface area contributed by atoms with Crippen LogP contribution >= 0.6 is 0 Å². The van der Waals surface area contributed by atoms with E-state index in [9.17, 15) is 0 Å². The van der Waals surface area contributed by atoms with Crippen LogP contribution in [0.4, 0.5) is 11.5 Å². The molecule has 3 atom stereocenters. The molecule has 4 aliphatic rings. The smallest absolute Gasteiger partial charge is 0.150 e. The minimum absolute atomic E-state index is 0.0530. The fraction of sp³-hybridized carbons (Fsp3) is 0.577. The Morgan fingerprint density at radius 2 is 1.74 bits per heavy atom. The monoisotopic (exact) mass is 476 g/mol. The Morgan fingerprint density at radius 1 is 0.886 bits per heavy atom. The minimum atomic E-state index is -0.0530. The fourth-order valence-electron chi connectivity index (χ4n) is 6.15. The second kappa shape index (κ2) is 9.04. The molecule has 0 radical (unpaired) electrons. The van der Waals surface area contributed by atoms with Gasteiger partial charge in [-0.05, 0) is 44.2 Å².